The van der Waals surface area contributed by atoms with Gasteiger partial charge in [0.25, 0.3) is 0 Å². The summed E-state index contributed by atoms with van der Waals surface area (Å²) in [6, 6.07) is 0. The van der Waals surface area contributed by atoms with E-state index in [-0.39, 0.29) is 25.2 Å². The van der Waals surface area contributed by atoms with E-state index in [0.717, 1.165) is 57.8 Å². The minimum Gasteiger partial charge on any atom is -0.462 e. The van der Waals surface area contributed by atoms with Crippen molar-refractivity contribution in [3.63, 3.8) is 0 Å². The molecule has 420 valence electrons. The minimum absolute atomic E-state index is 0.0813. The molecule has 5 heteroatoms. The number of ether oxygens (including phenoxy) is 3. The molecule has 0 rings (SSSR count). The van der Waals surface area contributed by atoms with Crippen molar-refractivity contribution in [1.29, 1.82) is 0 Å². The fourth-order valence-electron chi connectivity index (χ4n) is 9.21. The number of hydrogen-bond acceptors (Lipinski definition) is 5. The van der Waals surface area contributed by atoms with E-state index in [1.54, 1.807) is 0 Å². The molecule has 72 heavy (non-hydrogen) atoms. The first-order chi connectivity index (χ1) is 35.6. The molecule has 0 aliphatic heterocycles. The van der Waals surface area contributed by atoms with Gasteiger partial charge in [-0.15, -0.1) is 0 Å². The number of carbonyl (C=O) groups is 2. The number of hydrogen-bond donors (Lipinski definition) is 0. The Morgan fingerprint density at radius 2 is 0.583 bits per heavy atom. The van der Waals surface area contributed by atoms with Crippen LogP contribution in [0.15, 0.2) is 60.8 Å². The van der Waals surface area contributed by atoms with E-state index in [2.05, 4.69) is 81.5 Å². The van der Waals surface area contributed by atoms with Crippen LogP contribution in [0.2, 0.25) is 0 Å². The monoisotopic (exact) mass is 1010 g/mol. The van der Waals surface area contributed by atoms with Crippen LogP contribution in [0.4, 0.5) is 0 Å². The Balaban J connectivity index is 4.27. The SMILES string of the molecule is CCCCC/C=C\C/C=C\CCCCCCCCCCCCOCC(COC(=O)CCCCCCCCCCC/C=C\CCCCCCCC)OC(=O)CCCCCCCCC/C=C\C/C=C\CCCCC. The Labute approximate surface area is 449 Å². The quantitative estimate of drug-likeness (QED) is 0.0345. The van der Waals surface area contributed by atoms with Gasteiger partial charge in [-0.25, -0.2) is 0 Å². The summed E-state index contributed by atoms with van der Waals surface area (Å²) >= 11 is 0. The maximum atomic E-state index is 12.9. The summed E-state index contributed by atoms with van der Waals surface area (Å²) in [5.74, 6) is -0.395. The lowest BCUT2D eigenvalue weighted by Crippen LogP contribution is -2.30. The lowest BCUT2D eigenvalue weighted by atomic mass is 10.1. The summed E-state index contributed by atoms with van der Waals surface area (Å²) in [5.41, 5.74) is 0. The molecule has 1 unspecified atom stereocenters. The van der Waals surface area contributed by atoms with E-state index in [9.17, 15) is 9.59 Å². The third-order valence-corrected chi connectivity index (χ3v) is 14.0. The van der Waals surface area contributed by atoms with E-state index >= 15 is 0 Å². The molecule has 5 nitrogen and oxygen atoms in total. The van der Waals surface area contributed by atoms with Crippen molar-refractivity contribution in [3.8, 4) is 0 Å². The average molecular weight is 1010 g/mol. The number of unbranched alkanes of at least 4 members (excludes halogenated alkanes) is 38. The smallest absolute Gasteiger partial charge is 0.306 e. The Kier molecular flexibility index (Phi) is 60.8. The molecule has 0 spiro atoms. The molecule has 1 atom stereocenters. The lowest BCUT2D eigenvalue weighted by Gasteiger charge is -2.18. The molecule has 0 saturated carbocycles. The van der Waals surface area contributed by atoms with Crippen molar-refractivity contribution in [2.45, 2.75) is 335 Å². The second-order valence-corrected chi connectivity index (χ2v) is 21.3. The summed E-state index contributed by atoms with van der Waals surface area (Å²) in [6.07, 6.45) is 81.1. The second-order valence-electron chi connectivity index (χ2n) is 21.3. The predicted octanol–water partition coefficient (Wildman–Crippen LogP) is 22.0. The second kappa shape index (κ2) is 62.9. The molecule has 0 aliphatic rings. The van der Waals surface area contributed by atoms with Gasteiger partial charge in [0.05, 0.1) is 6.61 Å². The minimum atomic E-state index is -0.545. The molecule has 0 saturated heterocycles. The van der Waals surface area contributed by atoms with E-state index < -0.39 is 6.10 Å². The van der Waals surface area contributed by atoms with Crippen molar-refractivity contribution in [1.82, 2.24) is 0 Å². The molecule has 0 heterocycles. The molecular weight excluding hydrogens is 885 g/mol. The van der Waals surface area contributed by atoms with Crippen LogP contribution in [0, 0.1) is 0 Å². The summed E-state index contributed by atoms with van der Waals surface area (Å²) in [5, 5.41) is 0. The van der Waals surface area contributed by atoms with Crippen LogP contribution in [0.3, 0.4) is 0 Å². The lowest BCUT2D eigenvalue weighted by molar-refractivity contribution is -0.163. The van der Waals surface area contributed by atoms with Gasteiger partial charge in [0.15, 0.2) is 6.10 Å². The number of allylic oxidation sites excluding steroid dienone is 10. The third-order valence-electron chi connectivity index (χ3n) is 14.0. The van der Waals surface area contributed by atoms with Gasteiger partial charge in [0.2, 0.25) is 0 Å². The highest BCUT2D eigenvalue weighted by Gasteiger charge is 2.18. The first kappa shape index (κ1) is 69.6. The normalized spacial score (nSPS) is 12.5. The van der Waals surface area contributed by atoms with Crippen LogP contribution in [0.5, 0.6) is 0 Å². The average Bonchev–Trinajstić information content (AvgIpc) is 3.38. The fraction of sp³-hybridized carbons (Fsp3) is 0.821. The molecule has 0 aromatic heterocycles. The largest absolute Gasteiger partial charge is 0.462 e. The topological polar surface area (TPSA) is 61.8 Å². The van der Waals surface area contributed by atoms with Gasteiger partial charge in [-0.3, -0.25) is 9.59 Å². The van der Waals surface area contributed by atoms with Crippen molar-refractivity contribution in [2.24, 2.45) is 0 Å². The molecule has 0 fully saturated rings. The van der Waals surface area contributed by atoms with Crippen molar-refractivity contribution in [2.75, 3.05) is 19.8 Å². The first-order valence-corrected chi connectivity index (χ1v) is 31.8. The fourth-order valence-corrected chi connectivity index (χ4v) is 9.21. The van der Waals surface area contributed by atoms with Crippen molar-refractivity contribution >= 4 is 11.9 Å². The van der Waals surface area contributed by atoms with Gasteiger partial charge >= 0.3 is 11.9 Å². The van der Waals surface area contributed by atoms with Gasteiger partial charge in [-0.1, -0.05) is 268 Å². The molecule has 0 aromatic rings. The highest BCUT2D eigenvalue weighted by Crippen LogP contribution is 2.16. The Morgan fingerprint density at radius 3 is 0.958 bits per heavy atom. The highest BCUT2D eigenvalue weighted by atomic mass is 16.6. The van der Waals surface area contributed by atoms with Gasteiger partial charge in [0, 0.05) is 19.4 Å². The summed E-state index contributed by atoms with van der Waals surface area (Å²) < 4.78 is 17.5. The first-order valence-electron chi connectivity index (χ1n) is 31.8. The number of carbonyl (C=O) groups excluding carboxylic acids is 2. The summed E-state index contributed by atoms with van der Waals surface area (Å²) in [6.45, 7) is 7.81. The maximum absolute atomic E-state index is 12.9. The van der Waals surface area contributed by atoms with Crippen molar-refractivity contribution in [3.05, 3.63) is 60.8 Å². The zero-order chi connectivity index (χ0) is 52.0. The van der Waals surface area contributed by atoms with Gasteiger partial charge in [0.1, 0.15) is 6.61 Å². The Morgan fingerprint density at radius 1 is 0.306 bits per heavy atom. The molecule has 0 radical (unpaired) electrons. The van der Waals surface area contributed by atoms with Crippen LogP contribution in [0.25, 0.3) is 0 Å². The van der Waals surface area contributed by atoms with E-state index in [0.29, 0.717) is 19.4 Å². The molecule has 0 bridgehead atoms. The maximum Gasteiger partial charge on any atom is 0.306 e. The highest BCUT2D eigenvalue weighted by molar-refractivity contribution is 5.70. The zero-order valence-corrected chi connectivity index (χ0v) is 48.5. The molecular formula is C67H122O5. The van der Waals surface area contributed by atoms with Crippen LogP contribution in [0.1, 0.15) is 329 Å². The molecule has 0 N–H and O–H groups in total. The van der Waals surface area contributed by atoms with Gasteiger partial charge in [-0.05, 0) is 109 Å². The van der Waals surface area contributed by atoms with E-state index in [1.807, 2.05) is 0 Å². The van der Waals surface area contributed by atoms with Crippen LogP contribution >= 0.6 is 0 Å². The van der Waals surface area contributed by atoms with Crippen LogP contribution in [-0.4, -0.2) is 37.9 Å². The summed E-state index contributed by atoms with van der Waals surface area (Å²) in [4.78, 5) is 25.6. The third kappa shape index (κ3) is 60.2. The standard InChI is InChI=1S/C67H122O5/c1-4-7-10-13-16-19-22-25-28-31-33-35-38-41-44-47-50-53-56-59-62-70-63-65(72-67(69)61-58-55-52-49-46-43-40-36-30-27-24-21-18-15-12-9-6-3)64-71-66(68)60-57-54-51-48-45-42-39-37-34-32-29-26-23-20-17-14-11-8-5-2/h16,18-19,21,25-30,65H,4-15,17,20,22-24,31-64H2,1-3H3/b19-16-,21-18-,28-25-,29-26-,30-27-. The van der Waals surface area contributed by atoms with Crippen molar-refractivity contribution < 1.29 is 23.8 Å². The Bertz CT molecular complexity index is 1230. The van der Waals surface area contributed by atoms with Crippen LogP contribution in [-0.2, 0) is 23.8 Å². The molecule has 0 aromatic carbocycles. The van der Waals surface area contributed by atoms with Gasteiger partial charge < -0.3 is 14.2 Å². The number of esters is 2. The predicted molar refractivity (Wildman–Crippen MR) is 316 cm³/mol. The zero-order valence-electron chi connectivity index (χ0n) is 48.5. The molecule has 0 amide bonds. The Hall–Kier alpha value is -2.40. The van der Waals surface area contributed by atoms with Gasteiger partial charge in [-0.2, -0.15) is 0 Å². The van der Waals surface area contributed by atoms with E-state index in [4.69, 9.17) is 14.2 Å². The molecule has 0 aliphatic carbocycles. The van der Waals surface area contributed by atoms with E-state index in [1.165, 1.54) is 238 Å². The van der Waals surface area contributed by atoms with Crippen LogP contribution < -0.4 is 0 Å². The summed E-state index contributed by atoms with van der Waals surface area (Å²) in [7, 11) is 0. The number of rotatable bonds is 59.